The summed E-state index contributed by atoms with van der Waals surface area (Å²) in [5, 5.41) is 0. The van der Waals surface area contributed by atoms with Crippen molar-refractivity contribution in [3.05, 3.63) is 30.3 Å². The monoisotopic (exact) mass is 348 g/mol. The van der Waals surface area contributed by atoms with E-state index in [0.29, 0.717) is 0 Å². The van der Waals surface area contributed by atoms with Gasteiger partial charge < -0.3 is 0 Å². The van der Waals surface area contributed by atoms with E-state index in [1.54, 1.807) is 39.0 Å². The molecule has 1 atom stereocenters. The van der Waals surface area contributed by atoms with Gasteiger partial charge >= 0.3 is 0 Å². The van der Waals surface area contributed by atoms with Gasteiger partial charge in [0.25, 0.3) is 0 Å². The Morgan fingerprint density at radius 1 is 1.05 bits per heavy atom. The van der Waals surface area contributed by atoms with Gasteiger partial charge in [0.1, 0.15) is 0 Å². The van der Waals surface area contributed by atoms with Crippen molar-refractivity contribution in [2.45, 2.75) is 44.2 Å². The molecule has 1 aromatic carbocycles. The number of benzene rings is 1. The highest BCUT2D eigenvalue weighted by Crippen LogP contribution is 2.11. The molecule has 0 bridgehead atoms. The van der Waals surface area contributed by atoms with Gasteiger partial charge in [-0.2, -0.15) is 0 Å². The molecule has 0 radical (unpaired) electrons. The lowest BCUT2D eigenvalue weighted by Crippen LogP contribution is -2.38. The van der Waals surface area contributed by atoms with Crippen LogP contribution in [0, 0.1) is 0 Å². The quantitative estimate of drug-likeness (QED) is 0.770. The zero-order valence-electron chi connectivity index (χ0n) is 13.4. The second kappa shape index (κ2) is 7.54. The van der Waals surface area contributed by atoms with Crippen LogP contribution in [0.3, 0.4) is 0 Å². The summed E-state index contributed by atoms with van der Waals surface area (Å²) >= 11 is 0. The summed E-state index contributed by atoms with van der Waals surface area (Å²) in [6.45, 7) is 5.24. The number of rotatable bonds is 8. The molecule has 1 unspecified atom stereocenters. The van der Waals surface area contributed by atoms with Gasteiger partial charge in [-0.3, -0.25) is 0 Å². The maximum atomic E-state index is 12.1. The lowest BCUT2D eigenvalue weighted by molar-refractivity contribution is 0.408. The molecule has 0 amide bonds. The molecule has 0 aliphatic carbocycles. The van der Waals surface area contributed by atoms with E-state index in [2.05, 4.69) is 4.72 Å². The van der Waals surface area contributed by atoms with E-state index >= 15 is 0 Å². The molecule has 6 nitrogen and oxygen atoms in total. The summed E-state index contributed by atoms with van der Waals surface area (Å²) in [7, 11) is -5.47. The maximum Gasteiger partial charge on any atom is 0.240 e. The van der Waals surface area contributed by atoms with Crippen molar-refractivity contribution < 1.29 is 16.8 Å². The number of hydrogen-bond acceptors (Lipinski definition) is 4. The molecule has 0 aromatic heterocycles. The van der Waals surface area contributed by atoms with Gasteiger partial charge in [0.2, 0.25) is 20.0 Å². The first kappa shape index (κ1) is 19.1. The summed E-state index contributed by atoms with van der Waals surface area (Å²) in [5.41, 5.74) is 0. The average Bonchev–Trinajstić information content (AvgIpc) is 2.45. The van der Waals surface area contributed by atoms with Gasteiger partial charge in [0.15, 0.2) is 0 Å². The Morgan fingerprint density at radius 3 is 2.09 bits per heavy atom. The average molecular weight is 348 g/mol. The zero-order valence-corrected chi connectivity index (χ0v) is 15.0. The van der Waals surface area contributed by atoms with Crippen LogP contribution in [0.2, 0.25) is 0 Å². The second-order valence-electron chi connectivity index (χ2n) is 5.55. The largest absolute Gasteiger partial charge is 0.240 e. The van der Waals surface area contributed by atoms with E-state index < -0.39 is 26.1 Å². The van der Waals surface area contributed by atoms with Gasteiger partial charge in [0.05, 0.1) is 10.6 Å². The molecule has 0 spiro atoms. The SMILES string of the molecule is CC(CCS(=O)(=O)N(C)C(C)C)NS(=O)(=O)c1ccccc1. The fourth-order valence-electron chi connectivity index (χ4n) is 1.78. The van der Waals surface area contributed by atoms with E-state index in [1.807, 2.05) is 0 Å². The zero-order chi connectivity index (χ0) is 17.0. The van der Waals surface area contributed by atoms with E-state index in [1.165, 1.54) is 23.5 Å². The summed E-state index contributed by atoms with van der Waals surface area (Å²) in [5.74, 6) is -0.0971. The van der Waals surface area contributed by atoms with Crippen LogP contribution >= 0.6 is 0 Å². The van der Waals surface area contributed by atoms with Crippen molar-refractivity contribution in [3.63, 3.8) is 0 Å². The Kier molecular flexibility index (Phi) is 6.54. The predicted octanol–water partition coefficient (Wildman–Crippen LogP) is 1.41. The Hall–Kier alpha value is -0.960. The van der Waals surface area contributed by atoms with Gasteiger partial charge in [-0.1, -0.05) is 18.2 Å². The first-order valence-electron chi connectivity index (χ1n) is 7.09. The highest BCUT2D eigenvalue weighted by atomic mass is 32.2. The summed E-state index contributed by atoms with van der Waals surface area (Å²) in [4.78, 5) is 0.170. The molecule has 0 heterocycles. The molecular weight excluding hydrogens is 324 g/mol. The highest BCUT2D eigenvalue weighted by Gasteiger charge is 2.23. The van der Waals surface area contributed by atoms with Crippen LogP contribution in [-0.4, -0.2) is 46.0 Å². The molecule has 8 heteroatoms. The summed E-state index contributed by atoms with van der Waals surface area (Å²) < 4.78 is 52.2. The molecule has 0 aliphatic rings. The third-order valence-corrected chi connectivity index (χ3v) is 7.04. The first-order valence-corrected chi connectivity index (χ1v) is 10.2. The van der Waals surface area contributed by atoms with E-state index in [4.69, 9.17) is 0 Å². The van der Waals surface area contributed by atoms with Crippen LogP contribution < -0.4 is 4.72 Å². The second-order valence-corrected chi connectivity index (χ2v) is 9.41. The van der Waals surface area contributed by atoms with E-state index in [9.17, 15) is 16.8 Å². The summed E-state index contributed by atoms with van der Waals surface area (Å²) in [6.07, 6.45) is 0.214. The number of sulfonamides is 2. The van der Waals surface area contributed by atoms with Crippen molar-refractivity contribution in [1.82, 2.24) is 9.03 Å². The lowest BCUT2D eigenvalue weighted by atomic mass is 10.3. The van der Waals surface area contributed by atoms with Crippen molar-refractivity contribution in [3.8, 4) is 0 Å². The van der Waals surface area contributed by atoms with Crippen LogP contribution in [0.25, 0.3) is 0 Å². The molecule has 0 saturated heterocycles. The molecule has 1 rings (SSSR count). The van der Waals surface area contributed by atoms with Crippen LogP contribution in [0.5, 0.6) is 0 Å². The maximum absolute atomic E-state index is 12.1. The topological polar surface area (TPSA) is 83.6 Å². The molecule has 1 N–H and O–H groups in total. The minimum Gasteiger partial charge on any atom is -0.212 e. The molecule has 126 valence electrons. The van der Waals surface area contributed by atoms with Crippen LogP contribution in [0.15, 0.2) is 35.2 Å². The lowest BCUT2D eigenvalue weighted by Gasteiger charge is -2.22. The standard InChI is InChI=1S/C14H24N2O4S2/c1-12(2)16(4)21(17,18)11-10-13(3)15-22(19,20)14-8-6-5-7-9-14/h5-9,12-13,15H,10-11H2,1-4H3. The van der Waals surface area contributed by atoms with Gasteiger partial charge in [-0.15, -0.1) is 0 Å². The van der Waals surface area contributed by atoms with Crippen LogP contribution in [0.4, 0.5) is 0 Å². The van der Waals surface area contributed by atoms with Crippen molar-refractivity contribution >= 4 is 20.0 Å². The Labute approximate surface area is 133 Å². The molecular formula is C14H24N2O4S2. The van der Waals surface area contributed by atoms with E-state index in [-0.39, 0.29) is 23.1 Å². The minimum atomic E-state index is -3.62. The van der Waals surface area contributed by atoms with Gasteiger partial charge in [-0.25, -0.2) is 25.9 Å². The normalized spacial score (nSPS) is 14.5. The smallest absolute Gasteiger partial charge is 0.212 e. The molecule has 0 fully saturated rings. The Morgan fingerprint density at radius 2 is 1.59 bits per heavy atom. The Balaban J connectivity index is 2.66. The number of nitrogens with zero attached hydrogens (tertiary/aromatic N) is 1. The molecule has 1 aromatic rings. The predicted molar refractivity (Wildman–Crippen MR) is 87.5 cm³/mol. The van der Waals surface area contributed by atoms with Gasteiger partial charge in [0, 0.05) is 19.1 Å². The highest BCUT2D eigenvalue weighted by molar-refractivity contribution is 7.89. The van der Waals surface area contributed by atoms with Crippen molar-refractivity contribution in [2.75, 3.05) is 12.8 Å². The molecule has 0 saturated carbocycles. The van der Waals surface area contributed by atoms with Crippen LogP contribution in [0.1, 0.15) is 27.2 Å². The Bertz CT molecular complexity index is 670. The van der Waals surface area contributed by atoms with Crippen LogP contribution in [-0.2, 0) is 20.0 Å². The van der Waals surface area contributed by atoms with Crippen molar-refractivity contribution in [1.29, 1.82) is 0 Å². The fraction of sp³-hybridized carbons (Fsp3) is 0.571. The third-order valence-electron chi connectivity index (χ3n) is 3.38. The minimum absolute atomic E-state index is 0.0971. The van der Waals surface area contributed by atoms with E-state index in [0.717, 1.165) is 0 Å². The fourth-order valence-corrected chi connectivity index (χ4v) is 4.66. The number of hydrogen-bond donors (Lipinski definition) is 1. The van der Waals surface area contributed by atoms with Crippen molar-refractivity contribution in [2.24, 2.45) is 0 Å². The molecule has 0 aliphatic heterocycles. The third kappa shape index (κ3) is 5.35. The van der Waals surface area contributed by atoms with Gasteiger partial charge in [-0.05, 0) is 39.3 Å². The molecule has 22 heavy (non-hydrogen) atoms. The summed E-state index contributed by atoms with van der Waals surface area (Å²) in [6, 6.07) is 7.41. The number of nitrogens with one attached hydrogen (secondary N) is 1. The first-order chi connectivity index (χ1) is 10.1.